The SMILES string of the molecule is O=C(O)Cc1ccc(NCCCCCCCCCCCCC#Cc2ccccc2)cc1. The van der Waals surface area contributed by atoms with E-state index < -0.39 is 5.97 Å². The average molecular weight is 420 g/mol. The van der Waals surface area contributed by atoms with Gasteiger partial charge in [-0.25, -0.2) is 0 Å². The molecule has 31 heavy (non-hydrogen) atoms. The van der Waals surface area contributed by atoms with Gasteiger partial charge in [-0.05, 0) is 42.7 Å². The number of rotatable bonds is 15. The van der Waals surface area contributed by atoms with Crippen LogP contribution in [-0.4, -0.2) is 17.6 Å². The molecule has 0 radical (unpaired) electrons. The third-order valence-corrected chi connectivity index (χ3v) is 5.37. The van der Waals surface area contributed by atoms with E-state index in [1.807, 2.05) is 42.5 Å². The van der Waals surface area contributed by atoms with E-state index in [9.17, 15) is 4.79 Å². The van der Waals surface area contributed by atoms with Gasteiger partial charge in [0.15, 0.2) is 0 Å². The molecule has 0 aliphatic heterocycles. The maximum absolute atomic E-state index is 10.7. The summed E-state index contributed by atoms with van der Waals surface area (Å²) in [7, 11) is 0. The van der Waals surface area contributed by atoms with E-state index in [-0.39, 0.29) is 6.42 Å². The minimum absolute atomic E-state index is 0.0870. The molecule has 0 aliphatic carbocycles. The first kappa shape index (κ1) is 24.5. The first-order valence-corrected chi connectivity index (χ1v) is 11.8. The summed E-state index contributed by atoms with van der Waals surface area (Å²) in [5.41, 5.74) is 3.03. The van der Waals surface area contributed by atoms with Crippen LogP contribution in [0.1, 0.15) is 81.8 Å². The van der Waals surface area contributed by atoms with Crippen molar-refractivity contribution < 1.29 is 9.90 Å². The van der Waals surface area contributed by atoms with Gasteiger partial charge >= 0.3 is 5.97 Å². The van der Waals surface area contributed by atoms with E-state index >= 15 is 0 Å². The number of carboxylic acids is 1. The highest BCUT2D eigenvalue weighted by molar-refractivity contribution is 5.70. The Morgan fingerprint density at radius 3 is 1.94 bits per heavy atom. The summed E-state index contributed by atoms with van der Waals surface area (Å²) < 4.78 is 0. The molecule has 0 saturated heterocycles. The lowest BCUT2D eigenvalue weighted by atomic mass is 10.1. The zero-order valence-electron chi connectivity index (χ0n) is 18.7. The molecule has 0 amide bonds. The van der Waals surface area contributed by atoms with Gasteiger partial charge in [0.05, 0.1) is 6.42 Å². The lowest BCUT2D eigenvalue weighted by Crippen LogP contribution is -2.03. The van der Waals surface area contributed by atoms with Crippen LogP contribution < -0.4 is 5.32 Å². The van der Waals surface area contributed by atoms with E-state index in [2.05, 4.69) is 29.3 Å². The lowest BCUT2D eigenvalue weighted by molar-refractivity contribution is -0.136. The Bertz CT molecular complexity index is 787. The molecule has 0 heterocycles. The summed E-state index contributed by atoms with van der Waals surface area (Å²) in [5.74, 6) is 5.72. The number of unbranched alkanes of at least 4 members (excludes halogenated alkanes) is 10. The molecule has 166 valence electrons. The normalized spacial score (nSPS) is 10.3. The second-order valence-electron chi connectivity index (χ2n) is 8.15. The van der Waals surface area contributed by atoms with Crippen LogP contribution in [0.3, 0.4) is 0 Å². The molecule has 2 aromatic carbocycles. The van der Waals surface area contributed by atoms with Crippen LogP contribution in [0.25, 0.3) is 0 Å². The van der Waals surface area contributed by atoms with Gasteiger partial charge in [0.25, 0.3) is 0 Å². The van der Waals surface area contributed by atoms with Crippen LogP contribution in [-0.2, 0) is 11.2 Å². The fraction of sp³-hybridized carbons (Fsp3) is 0.464. The van der Waals surface area contributed by atoms with Crippen molar-refractivity contribution in [2.24, 2.45) is 0 Å². The Labute approximate surface area is 188 Å². The number of aliphatic carboxylic acids is 1. The Morgan fingerprint density at radius 2 is 1.32 bits per heavy atom. The molecule has 2 N–H and O–H groups in total. The second-order valence-corrected chi connectivity index (χ2v) is 8.15. The number of benzene rings is 2. The molecule has 0 saturated carbocycles. The molecular formula is C28H37NO2. The van der Waals surface area contributed by atoms with Crippen LogP contribution in [0.2, 0.25) is 0 Å². The van der Waals surface area contributed by atoms with E-state index in [1.54, 1.807) is 0 Å². The fourth-order valence-corrected chi connectivity index (χ4v) is 3.59. The third-order valence-electron chi connectivity index (χ3n) is 5.37. The summed E-state index contributed by atoms with van der Waals surface area (Å²) in [6.45, 7) is 0.978. The van der Waals surface area contributed by atoms with E-state index in [0.717, 1.165) is 29.8 Å². The topological polar surface area (TPSA) is 49.3 Å². The van der Waals surface area contributed by atoms with Crippen molar-refractivity contribution in [1.82, 2.24) is 0 Å². The summed E-state index contributed by atoms with van der Waals surface area (Å²) in [6, 6.07) is 17.9. The Kier molecular flexibility index (Phi) is 12.7. The van der Waals surface area contributed by atoms with Crippen LogP contribution in [0.4, 0.5) is 5.69 Å². The van der Waals surface area contributed by atoms with Gasteiger partial charge in [-0.3, -0.25) is 4.79 Å². The Balaban J connectivity index is 1.34. The predicted octanol–water partition coefficient (Wildman–Crippen LogP) is 7.07. The van der Waals surface area contributed by atoms with E-state index in [4.69, 9.17) is 5.11 Å². The second kappa shape index (κ2) is 16.0. The first-order chi connectivity index (χ1) is 15.2. The molecular weight excluding hydrogens is 382 g/mol. The average Bonchev–Trinajstić information content (AvgIpc) is 2.78. The first-order valence-electron chi connectivity index (χ1n) is 11.8. The molecule has 0 unspecified atom stereocenters. The van der Waals surface area contributed by atoms with Crippen LogP contribution in [0, 0.1) is 11.8 Å². The highest BCUT2D eigenvalue weighted by Crippen LogP contribution is 2.13. The number of anilines is 1. The van der Waals surface area contributed by atoms with Gasteiger partial charge < -0.3 is 10.4 Å². The maximum atomic E-state index is 10.7. The Morgan fingerprint density at radius 1 is 0.742 bits per heavy atom. The Hall–Kier alpha value is -2.73. The van der Waals surface area contributed by atoms with Gasteiger partial charge in [-0.15, -0.1) is 0 Å². The summed E-state index contributed by atoms with van der Waals surface area (Å²) >= 11 is 0. The monoisotopic (exact) mass is 419 g/mol. The van der Waals surface area contributed by atoms with Gasteiger partial charge in [-0.1, -0.05) is 93.5 Å². The highest BCUT2D eigenvalue weighted by Gasteiger charge is 2.00. The molecule has 0 bridgehead atoms. The molecule has 0 aromatic heterocycles. The predicted molar refractivity (Wildman–Crippen MR) is 130 cm³/mol. The zero-order chi connectivity index (χ0) is 22.0. The fourth-order valence-electron chi connectivity index (χ4n) is 3.59. The molecule has 3 heteroatoms. The van der Waals surface area contributed by atoms with Crippen molar-refractivity contribution in [1.29, 1.82) is 0 Å². The maximum Gasteiger partial charge on any atom is 0.307 e. The molecule has 0 fully saturated rings. The van der Waals surface area contributed by atoms with Crippen molar-refractivity contribution in [2.45, 2.75) is 77.0 Å². The van der Waals surface area contributed by atoms with Crippen LogP contribution >= 0.6 is 0 Å². The quantitative estimate of drug-likeness (QED) is 0.240. The molecule has 0 atom stereocenters. The largest absolute Gasteiger partial charge is 0.481 e. The minimum atomic E-state index is -0.787. The van der Waals surface area contributed by atoms with Crippen molar-refractivity contribution in [3.63, 3.8) is 0 Å². The van der Waals surface area contributed by atoms with Gasteiger partial charge in [-0.2, -0.15) is 0 Å². The van der Waals surface area contributed by atoms with Crippen molar-refractivity contribution in [2.75, 3.05) is 11.9 Å². The third kappa shape index (κ3) is 12.5. The van der Waals surface area contributed by atoms with Crippen LogP contribution in [0.15, 0.2) is 54.6 Å². The summed E-state index contributed by atoms with van der Waals surface area (Å²) in [6.07, 6.45) is 14.1. The zero-order valence-corrected chi connectivity index (χ0v) is 18.7. The lowest BCUT2D eigenvalue weighted by Gasteiger charge is -2.07. The number of hydrogen-bond acceptors (Lipinski definition) is 2. The number of carboxylic acid groups (broad SMARTS) is 1. The van der Waals surface area contributed by atoms with Crippen LogP contribution in [0.5, 0.6) is 0 Å². The number of nitrogens with one attached hydrogen (secondary N) is 1. The molecule has 2 rings (SSSR count). The molecule has 2 aromatic rings. The molecule has 0 spiro atoms. The minimum Gasteiger partial charge on any atom is -0.481 e. The molecule has 3 nitrogen and oxygen atoms in total. The van der Waals surface area contributed by atoms with E-state index in [1.165, 1.54) is 64.2 Å². The van der Waals surface area contributed by atoms with Gasteiger partial charge in [0.2, 0.25) is 0 Å². The summed E-state index contributed by atoms with van der Waals surface area (Å²) in [5, 5.41) is 12.2. The van der Waals surface area contributed by atoms with Gasteiger partial charge in [0.1, 0.15) is 0 Å². The van der Waals surface area contributed by atoms with Crippen molar-refractivity contribution in [3.8, 4) is 11.8 Å². The van der Waals surface area contributed by atoms with Gasteiger partial charge in [0, 0.05) is 24.2 Å². The number of hydrogen-bond donors (Lipinski definition) is 2. The van der Waals surface area contributed by atoms with Crippen molar-refractivity contribution >= 4 is 11.7 Å². The van der Waals surface area contributed by atoms with E-state index in [0.29, 0.717) is 0 Å². The standard InChI is InChI=1S/C28H37NO2/c30-28(31)24-26-19-21-27(22-20-26)29-23-15-10-8-6-4-2-1-3-5-7-9-12-16-25-17-13-11-14-18-25/h11,13-14,17-22,29H,1-10,15,23-24H2,(H,30,31). The van der Waals surface area contributed by atoms with Crippen molar-refractivity contribution in [3.05, 3.63) is 65.7 Å². The smallest absolute Gasteiger partial charge is 0.307 e. The number of carbonyl (C=O) groups is 1. The highest BCUT2D eigenvalue weighted by atomic mass is 16.4. The summed E-state index contributed by atoms with van der Waals surface area (Å²) in [4.78, 5) is 10.7. The molecule has 0 aliphatic rings.